The van der Waals surface area contributed by atoms with E-state index < -0.39 is 0 Å². The molecule has 1 N–H and O–H groups in total. The molecule has 0 atom stereocenters. The molecule has 0 radical (unpaired) electrons. The minimum atomic E-state index is -0.336. The van der Waals surface area contributed by atoms with Crippen LogP contribution in [0.4, 0.5) is 5.13 Å². The van der Waals surface area contributed by atoms with E-state index in [0.717, 1.165) is 16.6 Å². The number of aromatic nitrogens is 1. The van der Waals surface area contributed by atoms with Crippen molar-refractivity contribution in [2.24, 2.45) is 0 Å². The summed E-state index contributed by atoms with van der Waals surface area (Å²) in [6.45, 7) is 2.04. The van der Waals surface area contributed by atoms with Crippen LogP contribution in [0.2, 0.25) is 5.02 Å². The molecule has 4 nitrogen and oxygen atoms in total. The van der Waals surface area contributed by atoms with Crippen molar-refractivity contribution in [1.82, 2.24) is 4.98 Å². The van der Waals surface area contributed by atoms with E-state index in [1.54, 1.807) is 24.3 Å². The normalized spacial score (nSPS) is 11.0. The van der Waals surface area contributed by atoms with E-state index in [-0.39, 0.29) is 11.7 Å². The largest absolute Gasteiger partial charge is 0.451 e. The van der Waals surface area contributed by atoms with Crippen LogP contribution in [0.25, 0.3) is 22.2 Å². The van der Waals surface area contributed by atoms with Gasteiger partial charge in [0.1, 0.15) is 5.58 Å². The van der Waals surface area contributed by atoms with Crippen molar-refractivity contribution in [1.29, 1.82) is 0 Å². The highest BCUT2D eigenvalue weighted by Crippen LogP contribution is 2.27. The second-order valence-corrected chi connectivity index (χ2v) is 6.95. The summed E-state index contributed by atoms with van der Waals surface area (Å²) in [5, 5.41) is 6.61. The van der Waals surface area contributed by atoms with Crippen molar-refractivity contribution in [3.05, 3.63) is 70.3 Å². The minimum Gasteiger partial charge on any atom is -0.451 e. The highest BCUT2D eigenvalue weighted by molar-refractivity contribution is 7.14. The highest BCUT2D eigenvalue weighted by Gasteiger charge is 2.15. The molecule has 0 saturated carbocycles. The number of amides is 1. The first-order valence-corrected chi connectivity index (χ1v) is 8.87. The lowest BCUT2D eigenvalue weighted by Crippen LogP contribution is -2.10. The van der Waals surface area contributed by atoms with Crippen LogP contribution in [-0.4, -0.2) is 10.9 Å². The van der Waals surface area contributed by atoms with E-state index >= 15 is 0 Å². The predicted octanol–water partition coefficient (Wildman–Crippen LogP) is 5.77. The number of nitrogens with one attached hydrogen (secondary N) is 1. The van der Waals surface area contributed by atoms with Gasteiger partial charge in [0.25, 0.3) is 5.91 Å². The molecule has 4 rings (SSSR count). The number of carbonyl (C=O) groups excluding carboxylic acids is 1. The third-order valence-corrected chi connectivity index (χ3v) is 4.77. The van der Waals surface area contributed by atoms with Crippen LogP contribution in [-0.2, 0) is 0 Å². The summed E-state index contributed by atoms with van der Waals surface area (Å²) in [5.74, 6) is -0.110. The van der Waals surface area contributed by atoms with Crippen LogP contribution in [0.15, 0.2) is 58.3 Å². The fourth-order valence-corrected chi connectivity index (χ4v) is 3.37. The van der Waals surface area contributed by atoms with Crippen LogP contribution in [0.5, 0.6) is 0 Å². The number of rotatable bonds is 3. The summed E-state index contributed by atoms with van der Waals surface area (Å²) in [6.07, 6.45) is 0. The second kappa shape index (κ2) is 6.35. The number of benzene rings is 2. The van der Waals surface area contributed by atoms with Gasteiger partial charge >= 0.3 is 0 Å². The van der Waals surface area contributed by atoms with Gasteiger partial charge in [0.15, 0.2) is 10.9 Å². The van der Waals surface area contributed by atoms with E-state index in [9.17, 15) is 4.79 Å². The van der Waals surface area contributed by atoms with E-state index in [1.165, 1.54) is 16.9 Å². The van der Waals surface area contributed by atoms with Gasteiger partial charge in [-0.25, -0.2) is 4.98 Å². The van der Waals surface area contributed by atoms with Crippen molar-refractivity contribution in [2.75, 3.05) is 5.32 Å². The third kappa shape index (κ3) is 3.29. The van der Waals surface area contributed by atoms with Gasteiger partial charge in [0.05, 0.1) is 5.69 Å². The van der Waals surface area contributed by atoms with Crippen molar-refractivity contribution < 1.29 is 9.21 Å². The van der Waals surface area contributed by atoms with Gasteiger partial charge in [-0.3, -0.25) is 10.1 Å². The lowest BCUT2D eigenvalue weighted by atomic mass is 10.1. The monoisotopic (exact) mass is 368 g/mol. The Kier molecular flexibility index (Phi) is 4.03. The maximum atomic E-state index is 12.4. The number of hydrogen-bond donors (Lipinski definition) is 1. The third-order valence-electron chi connectivity index (χ3n) is 3.77. The Hall–Kier alpha value is -2.63. The molecule has 2 aromatic heterocycles. The number of aryl methyl sites for hydroxylation is 1. The lowest BCUT2D eigenvalue weighted by Gasteiger charge is -1.98. The summed E-state index contributed by atoms with van der Waals surface area (Å²) in [5.41, 5.74) is 3.66. The number of nitrogens with zero attached hydrogens (tertiary/aromatic N) is 1. The maximum absolute atomic E-state index is 12.4. The molecule has 0 spiro atoms. The molecule has 0 bridgehead atoms. The molecule has 124 valence electrons. The predicted molar refractivity (Wildman–Crippen MR) is 101 cm³/mol. The molecule has 6 heteroatoms. The first-order chi connectivity index (χ1) is 12.1. The van der Waals surface area contributed by atoms with Crippen LogP contribution in [0, 0.1) is 6.92 Å². The molecule has 0 aliphatic heterocycles. The van der Waals surface area contributed by atoms with Crippen LogP contribution in [0.1, 0.15) is 16.1 Å². The smallest absolute Gasteiger partial charge is 0.293 e. The van der Waals surface area contributed by atoms with Crippen molar-refractivity contribution in [3.8, 4) is 11.3 Å². The minimum absolute atomic E-state index is 0.226. The summed E-state index contributed by atoms with van der Waals surface area (Å²) in [7, 11) is 0. The van der Waals surface area contributed by atoms with Gasteiger partial charge in [-0.2, -0.15) is 0 Å². The Morgan fingerprint density at radius 2 is 1.96 bits per heavy atom. The van der Waals surface area contributed by atoms with Gasteiger partial charge in [-0.1, -0.05) is 41.4 Å². The number of carbonyl (C=O) groups is 1. The summed E-state index contributed by atoms with van der Waals surface area (Å²) in [6, 6.07) is 15.0. The lowest BCUT2D eigenvalue weighted by molar-refractivity contribution is 0.0998. The Morgan fingerprint density at radius 1 is 1.16 bits per heavy atom. The number of anilines is 1. The van der Waals surface area contributed by atoms with E-state index in [2.05, 4.69) is 10.3 Å². The number of hydrogen-bond acceptors (Lipinski definition) is 4. The van der Waals surface area contributed by atoms with Gasteiger partial charge in [-0.05, 0) is 31.2 Å². The zero-order valence-corrected chi connectivity index (χ0v) is 14.8. The zero-order chi connectivity index (χ0) is 17.4. The molecule has 0 fully saturated rings. The number of furan rings is 1. The fourth-order valence-electron chi connectivity index (χ4n) is 2.47. The first kappa shape index (κ1) is 15.9. The fraction of sp³-hybridized carbons (Fsp3) is 0.0526. The first-order valence-electron chi connectivity index (χ1n) is 7.61. The Morgan fingerprint density at radius 3 is 2.76 bits per heavy atom. The topological polar surface area (TPSA) is 55.1 Å². The summed E-state index contributed by atoms with van der Waals surface area (Å²) in [4.78, 5) is 16.9. The Balaban J connectivity index is 1.55. The van der Waals surface area contributed by atoms with E-state index in [1.807, 2.05) is 36.6 Å². The molecular formula is C19H13ClN2O2S. The van der Waals surface area contributed by atoms with Gasteiger partial charge in [0, 0.05) is 21.4 Å². The quantitative estimate of drug-likeness (QED) is 0.499. The van der Waals surface area contributed by atoms with Gasteiger partial charge < -0.3 is 4.42 Å². The molecular weight excluding hydrogens is 356 g/mol. The molecule has 1 amide bonds. The van der Waals surface area contributed by atoms with Gasteiger partial charge in [-0.15, -0.1) is 11.3 Å². The SMILES string of the molecule is Cc1ccc(-c2csc(NC(=O)c3cc4cc(Cl)ccc4o3)n2)cc1. The Labute approximate surface area is 153 Å². The van der Waals surface area contributed by atoms with Gasteiger partial charge in [0.2, 0.25) is 0 Å². The van der Waals surface area contributed by atoms with Crippen LogP contribution >= 0.6 is 22.9 Å². The standard InChI is InChI=1S/C19H13ClN2O2S/c1-11-2-4-12(5-3-11)15-10-25-19(21-15)22-18(23)17-9-13-8-14(20)6-7-16(13)24-17/h2-10H,1H3,(H,21,22,23). The van der Waals surface area contributed by atoms with Crippen molar-refractivity contribution >= 4 is 44.9 Å². The molecule has 0 aliphatic rings. The molecule has 2 aromatic carbocycles. The average molecular weight is 369 g/mol. The summed E-state index contributed by atoms with van der Waals surface area (Å²) < 4.78 is 5.57. The molecule has 4 aromatic rings. The van der Waals surface area contributed by atoms with Crippen LogP contribution < -0.4 is 5.32 Å². The molecule has 0 saturated heterocycles. The van der Waals surface area contributed by atoms with Crippen molar-refractivity contribution in [3.63, 3.8) is 0 Å². The van der Waals surface area contributed by atoms with E-state index in [4.69, 9.17) is 16.0 Å². The molecule has 0 unspecified atom stereocenters. The molecule has 0 aliphatic carbocycles. The maximum Gasteiger partial charge on any atom is 0.293 e. The highest BCUT2D eigenvalue weighted by atomic mass is 35.5. The number of fused-ring (bicyclic) bond motifs is 1. The van der Waals surface area contributed by atoms with Crippen molar-refractivity contribution in [2.45, 2.75) is 6.92 Å². The Bertz CT molecular complexity index is 1070. The van der Waals surface area contributed by atoms with E-state index in [0.29, 0.717) is 15.7 Å². The number of halogens is 1. The molecule has 2 heterocycles. The second-order valence-electron chi connectivity index (χ2n) is 5.65. The summed E-state index contributed by atoms with van der Waals surface area (Å²) >= 11 is 7.33. The zero-order valence-electron chi connectivity index (χ0n) is 13.2. The number of thiazole rings is 1. The van der Waals surface area contributed by atoms with Crippen LogP contribution in [0.3, 0.4) is 0 Å². The molecule has 25 heavy (non-hydrogen) atoms. The average Bonchev–Trinajstić information content (AvgIpc) is 3.22.